The zero-order chi connectivity index (χ0) is 14.0. The molecule has 0 aromatic heterocycles. The van der Waals surface area contributed by atoms with Gasteiger partial charge in [0.2, 0.25) is 0 Å². The molecule has 100 valence electrons. The summed E-state index contributed by atoms with van der Waals surface area (Å²) >= 11 is 3.42. The van der Waals surface area contributed by atoms with E-state index in [1.165, 1.54) is 6.07 Å². The Balaban J connectivity index is 2.35. The number of benzene rings is 2. The molecule has 0 spiro atoms. The van der Waals surface area contributed by atoms with Crippen LogP contribution in [-0.4, -0.2) is 7.11 Å². The summed E-state index contributed by atoms with van der Waals surface area (Å²) in [5.74, 6) is 0.506. The molecule has 1 atom stereocenters. The second-order valence-electron chi connectivity index (χ2n) is 4.38. The van der Waals surface area contributed by atoms with Crippen molar-refractivity contribution in [2.24, 2.45) is 5.73 Å². The molecule has 2 rings (SSSR count). The van der Waals surface area contributed by atoms with E-state index in [9.17, 15) is 4.39 Å². The van der Waals surface area contributed by atoms with Crippen LogP contribution in [0.3, 0.4) is 0 Å². The van der Waals surface area contributed by atoms with Crippen molar-refractivity contribution in [1.29, 1.82) is 0 Å². The minimum absolute atomic E-state index is 0.236. The highest BCUT2D eigenvalue weighted by Gasteiger charge is 2.12. The molecule has 0 heterocycles. The monoisotopic (exact) mass is 323 g/mol. The quantitative estimate of drug-likeness (QED) is 0.928. The van der Waals surface area contributed by atoms with Gasteiger partial charge >= 0.3 is 0 Å². The molecule has 0 aliphatic heterocycles. The van der Waals surface area contributed by atoms with Crippen LogP contribution in [0, 0.1) is 12.7 Å². The van der Waals surface area contributed by atoms with Gasteiger partial charge in [-0.3, -0.25) is 0 Å². The number of rotatable bonds is 3. The third-order valence-corrected chi connectivity index (χ3v) is 3.71. The Kier molecular flexibility index (Phi) is 4.22. The first kappa shape index (κ1) is 14.0. The fourth-order valence-corrected chi connectivity index (χ4v) is 2.43. The molecule has 0 aliphatic rings. The standard InChI is InChI=1S/C15H15BrFNO/c1-9-3-4-11(8-13(9)17)15(18)10-5-6-14(19-2)12(16)7-10/h3-8,15H,18H2,1-2H3. The van der Waals surface area contributed by atoms with Crippen LogP contribution >= 0.6 is 15.9 Å². The Hall–Kier alpha value is -1.39. The third kappa shape index (κ3) is 2.96. The van der Waals surface area contributed by atoms with E-state index in [0.29, 0.717) is 5.56 Å². The molecule has 0 fully saturated rings. The van der Waals surface area contributed by atoms with Crippen molar-refractivity contribution in [3.63, 3.8) is 0 Å². The van der Waals surface area contributed by atoms with Gasteiger partial charge in [0.15, 0.2) is 0 Å². The average Bonchev–Trinajstić information content (AvgIpc) is 2.41. The van der Waals surface area contributed by atoms with Gasteiger partial charge in [-0.25, -0.2) is 4.39 Å². The lowest BCUT2D eigenvalue weighted by Crippen LogP contribution is -2.12. The van der Waals surface area contributed by atoms with Crippen molar-refractivity contribution < 1.29 is 9.13 Å². The molecule has 4 heteroatoms. The van der Waals surface area contributed by atoms with Crippen LogP contribution in [0.5, 0.6) is 5.75 Å². The second kappa shape index (κ2) is 5.72. The van der Waals surface area contributed by atoms with Crippen LogP contribution in [0.1, 0.15) is 22.7 Å². The minimum Gasteiger partial charge on any atom is -0.496 e. The molecule has 0 radical (unpaired) electrons. The van der Waals surface area contributed by atoms with Gasteiger partial charge in [-0.15, -0.1) is 0 Å². The molecule has 0 aliphatic carbocycles. The predicted molar refractivity (Wildman–Crippen MR) is 77.9 cm³/mol. The van der Waals surface area contributed by atoms with Gasteiger partial charge in [0.05, 0.1) is 17.6 Å². The number of methoxy groups -OCH3 is 1. The number of ether oxygens (including phenoxy) is 1. The SMILES string of the molecule is COc1ccc(C(N)c2ccc(C)c(F)c2)cc1Br. The van der Waals surface area contributed by atoms with Gasteiger partial charge < -0.3 is 10.5 Å². The maximum atomic E-state index is 13.6. The molecule has 2 N–H and O–H groups in total. The van der Waals surface area contributed by atoms with Gasteiger partial charge in [-0.05, 0) is 57.7 Å². The molecule has 0 saturated heterocycles. The Morgan fingerprint density at radius 3 is 2.37 bits per heavy atom. The van der Waals surface area contributed by atoms with Crippen molar-refractivity contribution in [3.8, 4) is 5.75 Å². The van der Waals surface area contributed by atoms with E-state index >= 15 is 0 Å². The van der Waals surface area contributed by atoms with Crippen molar-refractivity contribution in [2.75, 3.05) is 7.11 Å². The third-order valence-electron chi connectivity index (χ3n) is 3.09. The number of hydrogen-bond acceptors (Lipinski definition) is 2. The average molecular weight is 324 g/mol. The highest BCUT2D eigenvalue weighted by atomic mass is 79.9. The Morgan fingerprint density at radius 2 is 1.79 bits per heavy atom. The number of halogens is 2. The van der Waals surface area contributed by atoms with Crippen molar-refractivity contribution in [1.82, 2.24) is 0 Å². The summed E-state index contributed by atoms with van der Waals surface area (Å²) in [6, 6.07) is 10.3. The normalized spacial score (nSPS) is 12.3. The molecular formula is C15H15BrFNO. The molecule has 19 heavy (non-hydrogen) atoms. The topological polar surface area (TPSA) is 35.2 Å². The van der Waals surface area contributed by atoms with E-state index in [4.69, 9.17) is 10.5 Å². The summed E-state index contributed by atoms with van der Waals surface area (Å²) in [7, 11) is 1.61. The van der Waals surface area contributed by atoms with Crippen LogP contribution in [0.4, 0.5) is 4.39 Å². The second-order valence-corrected chi connectivity index (χ2v) is 5.23. The molecule has 0 amide bonds. The first-order valence-corrected chi connectivity index (χ1v) is 6.67. The van der Waals surface area contributed by atoms with Gasteiger partial charge in [0, 0.05) is 0 Å². The summed E-state index contributed by atoms with van der Waals surface area (Å²) in [4.78, 5) is 0. The van der Waals surface area contributed by atoms with Crippen LogP contribution in [0.2, 0.25) is 0 Å². The summed E-state index contributed by atoms with van der Waals surface area (Å²) in [6.07, 6.45) is 0. The van der Waals surface area contributed by atoms with Crippen molar-refractivity contribution in [2.45, 2.75) is 13.0 Å². The summed E-state index contributed by atoms with van der Waals surface area (Å²) in [5, 5.41) is 0. The predicted octanol–water partition coefficient (Wildman–Crippen LogP) is 3.95. The fraction of sp³-hybridized carbons (Fsp3) is 0.200. The minimum atomic E-state index is -0.364. The first-order chi connectivity index (χ1) is 9.02. The maximum Gasteiger partial charge on any atom is 0.133 e. The highest BCUT2D eigenvalue weighted by Crippen LogP contribution is 2.30. The van der Waals surface area contributed by atoms with E-state index in [1.807, 2.05) is 24.3 Å². The molecular weight excluding hydrogens is 309 g/mol. The highest BCUT2D eigenvalue weighted by molar-refractivity contribution is 9.10. The van der Waals surface area contributed by atoms with E-state index in [2.05, 4.69) is 15.9 Å². The van der Waals surface area contributed by atoms with Crippen molar-refractivity contribution >= 4 is 15.9 Å². The zero-order valence-electron chi connectivity index (χ0n) is 10.8. The molecule has 1 unspecified atom stereocenters. The van der Waals surface area contributed by atoms with Gasteiger partial charge in [0.25, 0.3) is 0 Å². The molecule has 0 bridgehead atoms. The van der Waals surface area contributed by atoms with E-state index < -0.39 is 0 Å². The molecule has 2 aromatic rings. The molecule has 2 aromatic carbocycles. The number of aryl methyl sites for hydroxylation is 1. The Labute approximate surface area is 120 Å². The van der Waals surface area contributed by atoms with Crippen LogP contribution < -0.4 is 10.5 Å². The lowest BCUT2D eigenvalue weighted by molar-refractivity contribution is 0.412. The lowest BCUT2D eigenvalue weighted by Gasteiger charge is -2.15. The number of hydrogen-bond donors (Lipinski definition) is 1. The lowest BCUT2D eigenvalue weighted by atomic mass is 9.98. The fourth-order valence-electron chi connectivity index (χ4n) is 1.87. The number of nitrogens with two attached hydrogens (primary N) is 1. The molecule has 0 saturated carbocycles. The van der Waals surface area contributed by atoms with Gasteiger partial charge in [0.1, 0.15) is 11.6 Å². The summed E-state index contributed by atoms with van der Waals surface area (Å²) < 4.78 is 19.6. The van der Waals surface area contributed by atoms with Crippen LogP contribution in [-0.2, 0) is 0 Å². The zero-order valence-corrected chi connectivity index (χ0v) is 12.4. The van der Waals surface area contributed by atoms with E-state index in [1.54, 1.807) is 20.1 Å². The molecule has 2 nitrogen and oxygen atoms in total. The van der Waals surface area contributed by atoms with E-state index in [-0.39, 0.29) is 11.9 Å². The van der Waals surface area contributed by atoms with Gasteiger partial charge in [-0.1, -0.05) is 18.2 Å². The largest absolute Gasteiger partial charge is 0.496 e. The summed E-state index contributed by atoms with van der Waals surface area (Å²) in [6.45, 7) is 1.73. The first-order valence-electron chi connectivity index (χ1n) is 5.88. The summed E-state index contributed by atoms with van der Waals surface area (Å²) in [5.41, 5.74) is 8.43. The van der Waals surface area contributed by atoms with Crippen LogP contribution in [0.15, 0.2) is 40.9 Å². The smallest absolute Gasteiger partial charge is 0.133 e. The van der Waals surface area contributed by atoms with Crippen LogP contribution in [0.25, 0.3) is 0 Å². The van der Waals surface area contributed by atoms with Gasteiger partial charge in [-0.2, -0.15) is 0 Å². The Morgan fingerprint density at radius 1 is 1.16 bits per heavy atom. The maximum absolute atomic E-state index is 13.6. The van der Waals surface area contributed by atoms with E-state index in [0.717, 1.165) is 21.3 Å². The Bertz CT molecular complexity index is 601. The van der Waals surface area contributed by atoms with Crippen molar-refractivity contribution in [3.05, 3.63) is 63.4 Å².